The van der Waals surface area contributed by atoms with E-state index in [1.807, 2.05) is 54.7 Å². The van der Waals surface area contributed by atoms with Crippen molar-refractivity contribution in [2.75, 3.05) is 0 Å². The van der Waals surface area contributed by atoms with Crippen LogP contribution in [0.15, 0.2) is 95.1 Å². The Morgan fingerprint density at radius 1 is 0.769 bits per heavy atom. The number of benzene rings is 3. The van der Waals surface area contributed by atoms with E-state index in [1.54, 1.807) is 0 Å². The Balaban J connectivity index is 1.76. The molecule has 0 saturated heterocycles. The summed E-state index contributed by atoms with van der Waals surface area (Å²) < 4.78 is 0. The Hall–Kier alpha value is -3.46. The van der Waals surface area contributed by atoms with Gasteiger partial charge in [-0.05, 0) is 13.0 Å². The van der Waals surface area contributed by atoms with Gasteiger partial charge in [-0.1, -0.05) is 78.9 Å². The Labute approximate surface area is 152 Å². The van der Waals surface area contributed by atoms with Gasteiger partial charge in [-0.2, -0.15) is 5.10 Å². The second-order valence-electron chi connectivity index (χ2n) is 6.13. The van der Waals surface area contributed by atoms with E-state index < -0.39 is 0 Å². The van der Waals surface area contributed by atoms with Gasteiger partial charge in [-0.3, -0.25) is 0 Å². The monoisotopic (exact) mass is 337 g/mol. The number of hydrogen-bond donors (Lipinski definition) is 1. The van der Waals surface area contributed by atoms with Gasteiger partial charge in [-0.25, -0.2) is 0 Å². The summed E-state index contributed by atoms with van der Waals surface area (Å²) in [6.07, 6.45) is 1.83. The fraction of sp³-hybridized carbons (Fsp3) is 0.0435. The topological polar surface area (TPSA) is 40.5 Å². The van der Waals surface area contributed by atoms with Crippen molar-refractivity contribution in [1.82, 2.24) is 4.98 Å². The molecule has 0 bridgehead atoms. The zero-order chi connectivity index (χ0) is 17.8. The molecule has 3 aromatic carbocycles. The molecule has 0 aliphatic rings. The van der Waals surface area contributed by atoms with Crippen molar-refractivity contribution < 1.29 is 0 Å². The molecule has 4 aromatic rings. The highest BCUT2D eigenvalue weighted by atomic mass is 15.2. The summed E-state index contributed by atoms with van der Waals surface area (Å²) >= 11 is 0. The Kier molecular flexibility index (Phi) is 4.44. The Morgan fingerprint density at radius 2 is 1.35 bits per heavy atom. The average molecular weight is 337 g/mol. The van der Waals surface area contributed by atoms with Crippen molar-refractivity contribution >= 4 is 22.8 Å². The maximum atomic E-state index is 4.56. The van der Waals surface area contributed by atoms with Crippen LogP contribution in [0.25, 0.3) is 10.9 Å². The first-order valence-electron chi connectivity index (χ1n) is 8.62. The lowest BCUT2D eigenvalue weighted by molar-refractivity contribution is 1.23. The summed E-state index contributed by atoms with van der Waals surface area (Å²) in [5, 5.41) is 10.1. The van der Waals surface area contributed by atoms with Crippen molar-refractivity contribution in [3.05, 3.63) is 107 Å². The molecule has 0 spiro atoms. The number of hydrogen-bond acceptors (Lipinski definition) is 2. The lowest BCUT2D eigenvalue weighted by Crippen LogP contribution is -2.02. The lowest BCUT2D eigenvalue weighted by Gasteiger charge is -2.05. The van der Waals surface area contributed by atoms with Gasteiger partial charge in [-0.15, -0.1) is 5.10 Å². The highest BCUT2D eigenvalue weighted by Crippen LogP contribution is 2.20. The normalized spacial score (nSPS) is 11.1. The molecular weight excluding hydrogens is 318 g/mol. The van der Waals surface area contributed by atoms with Gasteiger partial charge in [0.2, 0.25) is 0 Å². The summed E-state index contributed by atoms with van der Waals surface area (Å²) in [6.45, 7) is 2.06. The smallest absolute Gasteiger partial charge is 0.100 e. The van der Waals surface area contributed by atoms with E-state index in [9.17, 15) is 0 Å². The number of para-hydroxylation sites is 1. The summed E-state index contributed by atoms with van der Waals surface area (Å²) in [7, 11) is 0. The Morgan fingerprint density at radius 3 is 2.00 bits per heavy atom. The van der Waals surface area contributed by atoms with Crippen LogP contribution in [0.2, 0.25) is 0 Å². The van der Waals surface area contributed by atoms with Crippen LogP contribution in [0.1, 0.15) is 22.4 Å². The molecular formula is C23H19N3. The van der Waals surface area contributed by atoms with Crippen LogP contribution >= 0.6 is 0 Å². The molecule has 0 amide bonds. The van der Waals surface area contributed by atoms with Crippen LogP contribution in [0, 0.1) is 6.92 Å². The number of nitrogens with zero attached hydrogens (tertiary/aromatic N) is 2. The molecule has 0 aliphatic carbocycles. The maximum absolute atomic E-state index is 4.56. The molecule has 1 aromatic heterocycles. The third-order valence-electron chi connectivity index (χ3n) is 4.38. The van der Waals surface area contributed by atoms with Gasteiger partial charge >= 0.3 is 0 Å². The number of fused-ring (bicyclic) bond motifs is 1. The number of H-pyrrole nitrogens is 1. The average Bonchev–Trinajstić information content (AvgIpc) is 3.02. The van der Waals surface area contributed by atoms with Crippen LogP contribution in [-0.2, 0) is 0 Å². The molecule has 26 heavy (non-hydrogen) atoms. The molecule has 0 unspecified atom stereocenters. The van der Waals surface area contributed by atoms with Crippen molar-refractivity contribution in [3.63, 3.8) is 0 Å². The van der Waals surface area contributed by atoms with Gasteiger partial charge in [0.25, 0.3) is 0 Å². The van der Waals surface area contributed by atoms with Gasteiger partial charge < -0.3 is 4.98 Å². The molecule has 126 valence electrons. The van der Waals surface area contributed by atoms with Gasteiger partial charge in [0.05, 0.1) is 6.21 Å². The second-order valence-corrected chi connectivity index (χ2v) is 6.13. The first-order valence-corrected chi connectivity index (χ1v) is 8.62. The van der Waals surface area contributed by atoms with E-state index in [4.69, 9.17) is 0 Å². The van der Waals surface area contributed by atoms with Crippen molar-refractivity contribution in [2.45, 2.75) is 6.92 Å². The molecule has 4 rings (SSSR count). The highest BCUT2D eigenvalue weighted by Gasteiger charge is 2.07. The van der Waals surface area contributed by atoms with E-state index in [1.165, 1.54) is 0 Å². The van der Waals surface area contributed by atoms with Gasteiger partial charge in [0.15, 0.2) is 0 Å². The van der Waals surface area contributed by atoms with Crippen LogP contribution in [0.5, 0.6) is 0 Å². The van der Waals surface area contributed by atoms with Crippen molar-refractivity contribution in [2.24, 2.45) is 10.2 Å². The fourth-order valence-corrected chi connectivity index (χ4v) is 3.08. The first kappa shape index (κ1) is 16.0. The molecule has 1 N–H and O–H groups in total. The largest absolute Gasteiger partial charge is 0.358 e. The zero-order valence-corrected chi connectivity index (χ0v) is 14.6. The Bertz CT molecular complexity index is 1030. The molecule has 0 radical (unpaired) electrons. The number of nitrogens with one attached hydrogen (secondary N) is 1. The minimum absolute atomic E-state index is 0.861. The standard InChI is InChI=1S/C23H19N3/c1-17-21(20-14-8-9-15-22(20)25-17)16-24-26-23(18-10-4-2-5-11-18)19-12-6-3-7-13-19/h2-16,25H,1H3/b24-16+. The van der Waals surface area contributed by atoms with Crippen LogP contribution < -0.4 is 0 Å². The zero-order valence-electron chi connectivity index (χ0n) is 14.6. The summed E-state index contributed by atoms with van der Waals surface area (Å²) in [5.74, 6) is 0. The molecule has 0 fully saturated rings. The van der Waals surface area contributed by atoms with Gasteiger partial charge in [0.1, 0.15) is 5.71 Å². The molecule has 3 nitrogen and oxygen atoms in total. The van der Waals surface area contributed by atoms with Crippen molar-refractivity contribution in [3.8, 4) is 0 Å². The molecule has 1 heterocycles. The molecule has 0 saturated carbocycles. The molecule has 0 aliphatic heterocycles. The SMILES string of the molecule is Cc1[nH]c2ccccc2c1/C=N/N=C(c1ccccc1)c1ccccc1. The van der Waals surface area contributed by atoms with Gasteiger partial charge in [0, 0.05) is 33.3 Å². The van der Waals surface area contributed by atoms with E-state index >= 15 is 0 Å². The third-order valence-corrected chi connectivity index (χ3v) is 4.38. The van der Waals surface area contributed by atoms with Crippen LogP contribution in [-0.4, -0.2) is 16.9 Å². The number of rotatable bonds is 4. The van der Waals surface area contributed by atoms with E-state index in [-0.39, 0.29) is 0 Å². The quantitative estimate of drug-likeness (QED) is 0.385. The highest BCUT2D eigenvalue weighted by molar-refractivity contribution is 6.13. The summed E-state index contributed by atoms with van der Waals surface area (Å²) in [4.78, 5) is 3.39. The predicted octanol–water partition coefficient (Wildman–Crippen LogP) is 5.35. The first-order chi connectivity index (χ1) is 12.8. The fourth-order valence-electron chi connectivity index (χ4n) is 3.08. The minimum Gasteiger partial charge on any atom is -0.358 e. The maximum Gasteiger partial charge on any atom is 0.100 e. The number of aromatic amines is 1. The minimum atomic E-state index is 0.861. The number of aromatic nitrogens is 1. The second kappa shape index (κ2) is 7.19. The predicted molar refractivity (Wildman–Crippen MR) is 109 cm³/mol. The molecule has 3 heteroatoms. The third kappa shape index (κ3) is 3.20. The number of aryl methyl sites for hydroxylation is 1. The van der Waals surface area contributed by atoms with E-state index in [0.717, 1.165) is 39.0 Å². The van der Waals surface area contributed by atoms with Crippen LogP contribution in [0.4, 0.5) is 0 Å². The molecule has 0 atom stereocenters. The van der Waals surface area contributed by atoms with E-state index in [2.05, 4.69) is 58.5 Å². The van der Waals surface area contributed by atoms with Crippen LogP contribution in [0.3, 0.4) is 0 Å². The lowest BCUT2D eigenvalue weighted by atomic mass is 10.0. The van der Waals surface area contributed by atoms with E-state index in [0.29, 0.717) is 0 Å². The summed E-state index contributed by atoms with van der Waals surface area (Å²) in [5.41, 5.74) is 6.23. The van der Waals surface area contributed by atoms with Crippen molar-refractivity contribution in [1.29, 1.82) is 0 Å². The summed E-state index contributed by atoms with van der Waals surface area (Å²) in [6, 6.07) is 28.5.